The normalized spacial score (nSPS) is 11.8. The Labute approximate surface area is 137 Å². The Morgan fingerprint density at radius 2 is 1.86 bits per heavy atom. The summed E-state index contributed by atoms with van der Waals surface area (Å²) in [5, 5.41) is 0.280. The van der Waals surface area contributed by atoms with Gasteiger partial charge in [-0.1, -0.05) is 41.9 Å². The first kappa shape index (κ1) is 16.3. The van der Waals surface area contributed by atoms with Crippen LogP contribution in [-0.4, -0.2) is 19.8 Å². The van der Waals surface area contributed by atoms with Crippen molar-refractivity contribution >= 4 is 43.2 Å². The molecule has 0 saturated heterocycles. The standard InChI is InChI=1S/C14H14BrClN2O2S/c1-18(9-10-5-3-2-4-6-10)21(19,20)13-8-11(16)7-12(17)14(13)15/h2-8H,9,17H2,1H3. The Bertz CT molecular complexity index is 751. The fraction of sp³-hybridized carbons (Fsp3) is 0.143. The van der Waals surface area contributed by atoms with Crippen LogP contribution in [0.4, 0.5) is 5.69 Å². The monoisotopic (exact) mass is 388 g/mol. The lowest BCUT2D eigenvalue weighted by Crippen LogP contribution is -2.27. The largest absolute Gasteiger partial charge is 0.398 e. The minimum Gasteiger partial charge on any atom is -0.398 e. The molecule has 0 aliphatic carbocycles. The Morgan fingerprint density at radius 3 is 2.48 bits per heavy atom. The zero-order valence-electron chi connectivity index (χ0n) is 11.3. The molecule has 112 valence electrons. The Hall–Kier alpha value is -1.08. The van der Waals surface area contributed by atoms with E-state index in [0.29, 0.717) is 4.47 Å². The number of anilines is 1. The highest BCUT2D eigenvalue weighted by Gasteiger charge is 2.25. The second-order valence-corrected chi connectivity index (χ2v) is 7.80. The molecule has 0 amide bonds. The van der Waals surface area contributed by atoms with Crippen molar-refractivity contribution in [3.8, 4) is 0 Å². The molecule has 0 atom stereocenters. The molecule has 0 fully saturated rings. The van der Waals surface area contributed by atoms with Crippen molar-refractivity contribution in [3.05, 3.63) is 57.5 Å². The molecule has 0 aromatic heterocycles. The summed E-state index contributed by atoms with van der Waals surface area (Å²) in [5.41, 5.74) is 6.94. The summed E-state index contributed by atoms with van der Waals surface area (Å²) >= 11 is 9.12. The second kappa shape index (κ2) is 6.36. The quantitative estimate of drug-likeness (QED) is 0.814. The van der Waals surface area contributed by atoms with Crippen LogP contribution in [0.1, 0.15) is 5.56 Å². The van der Waals surface area contributed by atoms with E-state index in [1.807, 2.05) is 30.3 Å². The van der Waals surface area contributed by atoms with Gasteiger partial charge < -0.3 is 5.73 Å². The molecule has 0 bridgehead atoms. The number of hydrogen-bond acceptors (Lipinski definition) is 3. The summed E-state index contributed by atoms with van der Waals surface area (Å²) in [7, 11) is -2.17. The van der Waals surface area contributed by atoms with Crippen LogP contribution >= 0.6 is 27.5 Å². The molecule has 0 radical (unpaired) electrons. The third-order valence-corrected chi connectivity index (χ3v) is 6.16. The lowest BCUT2D eigenvalue weighted by Gasteiger charge is -2.19. The predicted octanol–water partition coefficient (Wildman–Crippen LogP) is 3.51. The van der Waals surface area contributed by atoms with Crippen LogP contribution in [0.15, 0.2) is 51.8 Å². The fourth-order valence-electron chi connectivity index (χ4n) is 1.87. The molecule has 0 unspecified atom stereocenters. The van der Waals surface area contributed by atoms with Crippen molar-refractivity contribution in [1.82, 2.24) is 4.31 Å². The Morgan fingerprint density at radius 1 is 1.24 bits per heavy atom. The van der Waals surface area contributed by atoms with E-state index in [1.165, 1.54) is 23.5 Å². The molecule has 2 aromatic rings. The first-order chi connectivity index (χ1) is 9.82. The number of rotatable bonds is 4. The summed E-state index contributed by atoms with van der Waals surface area (Å²) < 4.78 is 26.9. The number of sulfonamides is 1. The number of nitrogen functional groups attached to an aromatic ring is 1. The number of hydrogen-bond donors (Lipinski definition) is 1. The van der Waals surface area contributed by atoms with Gasteiger partial charge in [0.2, 0.25) is 10.0 Å². The van der Waals surface area contributed by atoms with Crippen molar-refractivity contribution in [2.45, 2.75) is 11.4 Å². The highest BCUT2D eigenvalue weighted by atomic mass is 79.9. The molecule has 7 heteroatoms. The highest BCUT2D eigenvalue weighted by Crippen LogP contribution is 2.33. The van der Waals surface area contributed by atoms with E-state index in [4.69, 9.17) is 17.3 Å². The van der Waals surface area contributed by atoms with E-state index in [0.717, 1.165) is 5.56 Å². The van der Waals surface area contributed by atoms with Crippen molar-refractivity contribution < 1.29 is 8.42 Å². The average molecular weight is 390 g/mol. The highest BCUT2D eigenvalue weighted by molar-refractivity contribution is 9.10. The summed E-state index contributed by atoms with van der Waals surface area (Å²) in [4.78, 5) is 0.0610. The smallest absolute Gasteiger partial charge is 0.244 e. The molecular formula is C14H14BrClN2O2S. The van der Waals surface area contributed by atoms with Crippen molar-refractivity contribution in [2.75, 3.05) is 12.8 Å². The van der Waals surface area contributed by atoms with Gasteiger partial charge >= 0.3 is 0 Å². The lowest BCUT2D eigenvalue weighted by atomic mass is 10.2. The van der Waals surface area contributed by atoms with E-state index in [1.54, 1.807) is 0 Å². The average Bonchev–Trinajstić information content (AvgIpc) is 2.43. The number of nitrogens with zero attached hydrogens (tertiary/aromatic N) is 1. The van der Waals surface area contributed by atoms with Gasteiger partial charge in [-0.15, -0.1) is 0 Å². The molecule has 2 rings (SSSR count). The molecule has 4 nitrogen and oxygen atoms in total. The lowest BCUT2D eigenvalue weighted by molar-refractivity contribution is 0.466. The molecule has 0 aliphatic heterocycles. The topological polar surface area (TPSA) is 63.4 Å². The van der Waals surface area contributed by atoms with Crippen LogP contribution in [0.5, 0.6) is 0 Å². The van der Waals surface area contributed by atoms with E-state index in [9.17, 15) is 8.42 Å². The van der Waals surface area contributed by atoms with E-state index < -0.39 is 10.0 Å². The van der Waals surface area contributed by atoms with Gasteiger partial charge in [0.1, 0.15) is 0 Å². The summed E-state index contributed by atoms with van der Waals surface area (Å²) in [6.45, 7) is 0.266. The Balaban J connectivity index is 2.38. The molecule has 0 saturated carbocycles. The van der Waals surface area contributed by atoms with E-state index in [2.05, 4.69) is 15.9 Å². The summed E-state index contributed by atoms with van der Waals surface area (Å²) in [6.07, 6.45) is 0. The van der Waals surface area contributed by atoms with Crippen LogP contribution in [0.25, 0.3) is 0 Å². The van der Waals surface area contributed by atoms with Crippen LogP contribution in [0.2, 0.25) is 5.02 Å². The van der Waals surface area contributed by atoms with Crippen molar-refractivity contribution in [1.29, 1.82) is 0 Å². The third-order valence-electron chi connectivity index (χ3n) is 2.97. The maximum atomic E-state index is 12.6. The van der Waals surface area contributed by atoms with Gasteiger partial charge in [-0.05, 0) is 33.6 Å². The van der Waals surface area contributed by atoms with Crippen LogP contribution < -0.4 is 5.73 Å². The molecular weight excluding hydrogens is 376 g/mol. The van der Waals surface area contributed by atoms with Crippen molar-refractivity contribution in [2.24, 2.45) is 0 Å². The zero-order valence-corrected chi connectivity index (χ0v) is 14.4. The third kappa shape index (κ3) is 3.58. The molecule has 2 N–H and O–H groups in total. The first-order valence-corrected chi connectivity index (χ1v) is 8.68. The van der Waals surface area contributed by atoms with Gasteiger partial charge in [0.05, 0.1) is 9.37 Å². The maximum Gasteiger partial charge on any atom is 0.244 e. The second-order valence-electron chi connectivity index (χ2n) is 4.55. The van der Waals surface area contributed by atoms with Crippen LogP contribution in [-0.2, 0) is 16.6 Å². The van der Waals surface area contributed by atoms with Gasteiger partial charge in [0, 0.05) is 24.3 Å². The minimum absolute atomic E-state index is 0.0610. The number of halogens is 2. The fourth-order valence-corrected chi connectivity index (χ4v) is 4.27. The maximum absolute atomic E-state index is 12.6. The van der Waals surface area contributed by atoms with Gasteiger partial charge in [-0.3, -0.25) is 0 Å². The Kier molecular flexibility index (Phi) is 4.93. The van der Waals surface area contributed by atoms with Crippen molar-refractivity contribution in [3.63, 3.8) is 0 Å². The number of benzene rings is 2. The molecule has 0 heterocycles. The molecule has 21 heavy (non-hydrogen) atoms. The first-order valence-electron chi connectivity index (χ1n) is 6.07. The van der Waals surface area contributed by atoms with Gasteiger partial charge in [-0.2, -0.15) is 4.31 Å². The summed E-state index contributed by atoms with van der Waals surface area (Å²) in [5.74, 6) is 0. The minimum atomic E-state index is -3.69. The van der Waals surface area contributed by atoms with Gasteiger partial charge in [0.15, 0.2) is 0 Å². The number of nitrogens with two attached hydrogens (primary N) is 1. The molecule has 2 aromatic carbocycles. The predicted molar refractivity (Wildman–Crippen MR) is 88.7 cm³/mol. The van der Waals surface area contributed by atoms with Gasteiger partial charge in [-0.25, -0.2) is 8.42 Å². The molecule has 0 aliphatic rings. The van der Waals surface area contributed by atoms with Crippen LogP contribution in [0, 0.1) is 0 Å². The zero-order chi connectivity index (χ0) is 15.6. The summed E-state index contributed by atoms with van der Waals surface area (Å²) in [6, 6.07) is 12.2. The van der Waals surface area contributed by atoms with Crippen LogP contribution in [0.3, 0.4) is 0 Å². The van der Waals surface area contributed by atoms with Gasteiger partial charge in [0.25, 0.3) is 0 Å². The van der Waals surface area contributed by atoms with E-state index >= 15 is 0 Å². The SMILES string of the molecule is CN(Cc1ccccc1)S(=O)(=O)c1cc(Cl)cc(N)c1Br. The van der Waals surface area contributed by atoms with E-state index in [-0.39, 0.29) is 22.2 Å². The molecule has 0 spiro atoms.